The Morgan fingerprint density at radius 3 is 3.06 bits per heavy atom. The molecule has 1 heterocycles. The summed E-state index contributed by atoms with van der Waals surface area (Å²) in [7, 11) is 0. The molecule has 1 aromatic rings. The molecule has 1 aliphatic heterocycles. The second-order valence-electron chi connectivity index (χ2n) is 3.74. The van der Waals surface area contributed by atoms with Gasteiger partial charge in [0.2, 0.25) is 0 Å². The Bertz CT molecular complexity index is 443. The average molecular weight is 276 g/mol. The van der Waals surface area contributed by atoms with E-state index in [4.69, 9.17) is 16.7 Å². The minimum absolute atomic E-state index is 0.0577. The Labute approximate surface area is 107 Å². The summed E-state index contributed by atoms with van der Waals surface area (Å²) in [5, 5.41) is 11.5. The maximum absolute atomic E-state index is 13.8. The third-order valence-corrected chi connectivity index (χ3v) is 4.09. The molecule has 0 saturated carbocycles. The van der Waals surface area contributed by atoms with E-state index in [1.165, 1.54) is 17.8 Å². The molecule has 1 aromatic carbocycles. The summed E-state index contributed by atoms with van der Waals surface area (Å²) in [4.78, 5) is 10.9. The molecule has 17 heavy (non-hydrogen) atoms. The Morgan fingerprint density at radius 1 is 1.59 bits per heavy atom. The van der Waals surface area contributed by atoms with E-state index in [0.29, 0.717) is 17.7 Å². The lowest BCUT2D eigenvalue weighted by molar-refractivity contribution is -0.139. The monoisotopic (exact) mass is 275 g/mol. The van der Waals surface area contributed by atoms with Crippen molar-refractivity contribution in [3.05, 3.63) is 34.6 Å². The standard InChI is InChI=1S/C11H11ClFNO2S/c12-7-3-1-2-6(9(7)13)10-14-8(11(15)16)4-5-17-10/h1-3,8,10,14H,4-5H2,(H,15,16). The van der Waals surface area contributed by atoms with Crippen molar-refractivity contribution in [2.75, 3.05) is 5.75 Å². The van der Waals surface area contributed by atoms with Gasteiger partial charge in [0.15, 0.2) is 0 Å². The highest BCUT2D eigenvalue weighted by molar-refractivity contribution is 7.99. The number of carboxylic acids is 1. The normalized spacial score (nSPS) is 24.6. The number of benzene rings is 1. The number of aliphatic carboxylic acids is 1. The fraction of sp³-hybridized carbons (Fsp3) is 0.364. The summed E-state index contributed by atoms with van der Waals surface area (Å²) in [6.07, 6.45) is 0.540. The molecule has 0 spiro atoms. The number of rotatable bonds is 2. The number of carbonyl (C=O) groups is 1. The van der Waals surface area contributed by atoms with Gasteiger partial charge in [-0.3, -0.25) is 10.1 Å². The minimum Gasteiger partial charge on any atom is -0.480 e. The van der Waals surface area contributed by atoms with E-state index in [2.05, 4.69) is 5.32 Å². The van der Waals surface area contributed by atoms with E-state index in [1.54, 1.807) is 12.1 Å². The summed E-state index contributed by atoms with van der Waals surface area (Å²) in [5.41, 5.74) is 0.411. The number of nitrogens with one attached hydrogen (secondary N) is 1. The van der Waals surface area contributed by atoms with Crippen molar-refractivity contribution in [3.63, 3.8) is 0 Å². The second kappa shape index (κ2) is 5.25. The number of carboxylic acid groups (broad SMARTS) is 1. The van der Waals surface area contributed by atoms with Gasteiger partial charge in [-0.2, -0.15) is 0 Å². The van der Waals surface area contributed by atoms with Crippen LogP contribution >= 0.6 is 23.4 Å². The van der Waals surface area contributed by atoms with Crippen LogP contribution in [0.1, 0.15) is 17.4 Å². The molecule has 92 valence electrons. The van der Waals surface area contributed by atoms with Crippen LogP contribution in [0.3, 0.4) is 0 Å². The molecule has 1 fully saturated rings. The van der Waals surface area contributed by atoms with Gasteiger partial charge >= 0.3 is 5.97 Å². The Morgan fingerprint density at radius 2 is 2.35 bits per heavy atom. The van der Waals surface area contributed by atoms with Crippen LogP contribution in [0.15, 0.2) is 18.2 Å². The number of thioether (sulfide) groups is 1. The van der Waals surface area contributed by atoms with E-state index in [-0.39, 0.29) is 10.4 Å². The van der Waals surface area contributed by atoms with E-state index in [0.717, 1.165) is 0 Å². The summed E-state index contributed by atoms with van der Waals surface area (Å²) in [6.45, 7) is 0. The largest absolute Gasteiger partial charge is 0.480 e. The number of hydrogen-bond acceptors (Lipinski definition) is 3. The Hall–Kier alpha value is -0.780. The van der Waals surface area contributed by atoms with Crippen molar-refractivity contribution in [2.24, 2.45) is 0 Å². The molecule has 6 heteroatoms. The highest BCUT2D eigenvalue weighted by atomic mass is 35.5. The van der Waals surface area contributed by atoms with Gasteiger partial charge in [0.05, 0.1) is 10.4 Å². The smallest absolute Gasteiger partial charge is 0.320 e. The van der Waals surface area contributed by atoms with E-state index >= 15 is 0 Å². The summed E-state index contributed by atoms with van der Waals surface area (Å²) >= 11 is 7.19. The van der Waals surface area contributed by atoms with Gasteiger partial charge in [-0.15, -0.1) is 11.8 Å². The molecule has 1 saturated heterocycles. The zero-order chi connectivity index (χ0) is 12.4. The molecular weight excluding hydrogens is 265 g/mol. The number of hydrogen-bond donors (Lipinski definition) is 2. The van der Waals surface area contributed by atoms with Crippen LogP contribution in [-0.4, -0.2) is 22.9 Å². The SMILES string of the molecule is O=C(O)C1CCSC(c2cccc(Cl)c2F)N1. The highest BCUT2D eigenvalue weighted by Crippen LogP contribution is 2.34. The van der Waals surface area contributed by atoms with Crippen LogP contribution in [0, 0.1) is 5.82 Å². The van der Waals surface area contributed by atoms with Crippen LogP contribution < -0.4 is 5.32 Å². The van der Waals surface area contributed by atoms with Crippen molar-refractivity contribution >= 4 is 29.3 Å². The van der Waals surface area contributed by atoms with Gasteiger partial charge in [0.25, 0.3) is 0 Å². The topological polar surface area (TPSA) is 49.3 Å². The maximum atomic E-state index is 13.8. The predicted octanol–water partition coefficient (Wildman–Crippen LogP) is 2.66. The zero-order valence-corrected chi connectivity index (χ0v) is 10.4. The lowest BCUT2D eigenvalue weighted by Crippen LogP contribution is -2.42. The fourth-order valence-electron chi connectivity index (χ4n) is 1.72. The summed E-state index contributed by atoms with van der Waals surface area (Å²) < 4.78 is 13.8. The Balaban J connectivity index is 2.22. The number of halogens is 2. The van der Waals surface area contributed by atoms with Crippen LogP contribution in [-0.2, 0) is 4.79 Å². The minimum atomic E-state index is -0.905. The van der Waals surface area contributed by atoms with Gasteiger partial charge < -0.3 is 5.11 Å². The van der Waals surface area contributed by atoms with Crippen LogP contribution in [0.5, 0.6) is 0 Å². The maximum Gasteiger partial charge on any atom is 0.320 e. The quantitative estimate of drug-likeness (QED) is 0.871. The van der Waals surface area contributed by atoms with Crippen LogP contribution in [0.25, 0.3) is 0 Å². The lowest BCUT2D eigenvalue weighted by atomic mass is 10.1. The molecular formula is C11H11ClFNO2S. The lowest BCUT2D eigenvalue weighted by Gasteiger charge is -2.28. The van der Waals surface area contributed by atoms with E-state index in [9.17, 15) is 9.18 Å². The predicted molar refractivity (Wildman–Crippen MR) is 65.8 cm³/mol. The van der Waals surface area contributed by atoms with Crippen LogP contribution in [0.4, 0.5) is 4.39 Å². The van der Waals surface area contributed by atoms with Crippen molar-refractivity contribution < 1.29 is 14.3 Å². The first kappa shape index (κ1) is 12.7. The molecule has 1 aliphatic rings. The van der Waals surface area contributed by atoms with Crippen molar-refractivity contribution in [3.8, 4) is 0 Å². The third-order valence-electron chi connectivity index (χ3n) is 2.61. The molecule has 3 nitrogen and oxygen atoms in total. The molecule has 0 aromatic heterocycles. The molecule has 0 radical (unpaired) electrons. The molecule has 0 aliphatic carbocycles. The van der Waals surface area contributed by atoms with Gasteiger partial charge in [-0.25, -0.2) is 4.39 Å². The molecule has 0 bridgehead atoms. The first-order chi connectivity index (χ1) is 8.09. The molecule has 2 atom stereocenters. The Kier molecular flexibility index (Phi) is 3.91. The van der Waals surface area contributed by atoms with Crippen LogP contribution in [0.2, 0.25) is 5.02 Å². The first-order valence-electron chi connectivity index (χ1n) is 5.14. The third kappa shape index (κ3) is 2.73. The molecule has 2 N–H and O–H groups in total. The van der Waals surface area contributed by atoms with E-state index < -0.39 is 17.8 Å². The van der Waals surface area contributed by atoms with Gasteiger partial charge in [-0.05, 0) is 18.2 Å². The molecule has 2 unspecified atom stereocenters. The highest BCUT2D eigenvalue weighted by Gasteiger charge is 2.29. The first-order valence-corrected chi connectivity index (χ1v) is 6.56. The summed E-state index contributed by atoms with van der Waals surface area (Å²) in [5.74, 6) is -0.705. The van der Waals surface area contributed by atoms with Crippen molar-refractivity contribution in [2.45, 2.75) is 17.8 Å². The van der Waals surface area contributed by atoms with Gasteiger partial charge in [0.1, 0.15) is 11.9 Å². The average Bonchev–Trinajstić information content (AvgIpc) is 2.33. The van der Waals surface area contributed by atoms with Crippen molar-refractivity contribution in [1.29, 1.82) is 0 Å². The second-order valence-corrected chi connectivity index (χ2v) is 5.36. The van der Waals surface area contributed by atoms with E-state index in [1.807, 2.05) is 0 Å². The zero-order valence-electron chi connectivity index (χ0n) is 8.82. The van der Waals surface area contributed by atoms with Gasteiger partial charge in [-0.1, -0.05) is 23.7 Å². The fourth-order valence-corrected chi connectivity index (χ4v) is 3.13. The van der Waals surface area contributed by atoms with Gasteiger partial charge in [0, 0.05) is 5.56 Å². The van der Waals surface area contributed by atoms with Crippen molar-refractivity contribution in [1.82, 2.24) is 5.32 Å². The molecule has 0 amide bonds. The molecule has 2 rings (SSSR count). The summed E-state index contributed by atoms with van der Waals surface area (Å²) in [6, 6.07) is 4.13.